The summed E-state index contributed by atoms with van der Waals surface area (Å²) < 4.78 is 23.7. The predicted molar refractivity (Wildman–Crippen MR) is 89.1 cm³/mol. The van der Waals surface area contributed by atoms with E-state index in [-0.39, 0.29) is 23.2 Å². The molecule has 2 heterocycles. The highest BCUT2D eigenvalue weighted by atomic mass is 32.2. The van der Waals surface area contributed by atoms with Crippen molar-refractivity contribution < 1.29 is 13.2 Å². The number of carbonyl (C=O) groups is 1. The second-order valence-electron chi connectivity index (χ2n) is 6.22. The zero-order valence-electron chi connectivity index (χ0n) is 12.9. The number of benzene rings is 1. The van der Waals surface area contributed by atoms with Crippen LogP contribution in [0.2, 0.25) is 0 Å². The first kappa shape index (κ1) is 15.9. The van der Waals surface area contributed by atoms with Crippen molar-refractivity contribution in [3.05, 3.63) is 29.8 Å². The molecule has 0 spiro atoms. The van der Waals surface area contributed by atoms with Crippen LogP contribution in [0.1, 0.15) is 36.0 Å². The molecule has 1 aromatic rings. The molecule has 120 valence electrons. The molecule has 2 unspecified atom stereocenters. The minimum absolute atomic E-state index is 0.0596. The fourth-order valence-corrected chi connectivity index (χ4v) is 5.50. The number of hydrogen-bond acceptors (Lipinski definition) is 4. The summed E-state index contributed by atoms with van der Waals surface area (Å²) in [6, 6.07) is 7.80. The molecule has 0 aliphatic carbocycles. The van der Waals surface area contributed by atoms with Gasteiger partial charge >= 0.3 is 0 Å². The van der Waals surface area contributed by atoms with Crippen molar-refractivity contribution in [1.29, 1.82) is 0 Å². The van der Waals surface area contributed by atoms with Gasteiger partial charge in [-0.05, 0) is 44.1 Å². The molecule has 2 saturated heterocycles. The Hall–Kier alpha value is -1.01. The normalized spacial score (nSPS) is 27.9. The molecule has 0 saturated carbocycles. The van der Waals surface area contributed by atoms with Gasteiger partial charge in [-0.2, -0.15) is 0 Å². The second-order valence-corrected chi connectivity index (χ2v) is 9.39. The van der Waals surface area contributed by atoms with Gasteiger partial charge < -0.3 is 4.90 Å². The molecule has 0 aromatic heterocycles. The molecule has 2 atom stereocenters. The maximum atomic E-state index is 13.0. The average molecular weight is 339 g/mol. The molecule has 2 aliphatic rings. The molecule has 4 nitrogen and oxygen atoms in total. The molecule has 0 radical (unpaired) electrons. The van der Waals surface area contributed by atoms with E-state index < -0.39 is 9.84 Å². The molecule has 2 fully saturated rings. The quantitative estimate of drug-likeness (QED) is 0.794. The highest BCUT2D eigenvalue weighted by Crippen LogP contribution is 2.39. The van der Waals surface area contributed by atoms with Crippen LogP contribution < -0.4 is 0 Å². The van der Waals surface area contributed by atoms with Gasteiger partial charge in [0.2, 0.25) is 0 Å². The summed E-state index contributed by atoms with van der Waals surface area (Å²) >= 11 is 1.57. The van der Waals surface area contributed by atoms with E-state index in [1.165, 1.54) is 6.26 Å². The van der Waals surface area contributed by atoms with Gasteiger partial charge in [-0.25, -0.2) is 8.42 Å². The van der Waals surface area contributed by atoms with Gasteiger partial charge in [0.05, 0.1) is 10.8 Å². The third kappa shape index (κ3) is 2.78. The minimum atomic E-state index is -3.02. The van der Waals surface area contributed by atoms with Crippen molar-refractivity contribution in [3.63, 3.8) is 0 Å². The first-order chi connectivity index (χ1) is 10.4. The number of amides is 1. The Kier molecular flexibility index (Phi) is 4.25. The first-order valence-corrected chi connectivity index (χ1v) is 10.7. The van der Waals surface area contributed by atoms with Crippen LogP contribution in [-0.2, 0) is 9.84 Å². The summed E-state index contributed by atoms with van der Waals surface area (Å²) in [5, 5.41) is -0.287. The zero-order valence-corrected chi connectivity index (χ0v) is 14.5. The lowest BCUT2D eigenvalue weighted by Gasteiger charge is -2.38. The van der Waals surface area contributed by atoms with Crippen LogP contribution in [0.3, 0.4) is 0 Å². The molecule has 2 aliphatic heterocycles. The largest absolute Gasteiger partial charge is 0.333 e. The van der Waals surface area contributed by atoms with E-state index in [4.69, 9.17) is 0 Å². The second kappa shape index (κ2) is 5.89. The Balaban J connectivity index is 1.87. The first-order valence-electron chi connectivity index (χ1n) is 7.56. The van der Waals surface area contributed by atoms with Crippen LogP contribution in [0.15, 0.2) is 29.2 Å². The summed E-state index contributed by atoms with van der Waals surface area (Å²) in [5.41, 5.74) is 0.740. The van der Waals surface area contributed by atoms with E-state index in [0.29, 0.717) is 12.8 Å². The van der Waals surface area contributed by atoms with E-state index >= 15 is 0 Å². The monoisotopic (exact) mass is 339 g/mol. The van der Waals surface area contributed by atoms with E-state index in [1.807, 2.05) is 35.4 Å². The topological polar surface area (TPSA) is 54.5 Å². The van der Waals surface area contributed by atoms with Gasteiger partial charge in [-0.3, -0.25) is 4.79 Å². The maximum absolute atomic E-state index is 13.0. The van der Waals surface area contributed by atoms with Gasteiger partial charge in [-0.1, -0.05) is 12.1 Å². The molecule has 2 bridgehead atoms. The predicted octanol–water partition coefficient (Wildman–Crippen LogP) is 2.59. The molecule has 3 rings (SSSR count). The number of sulfone groups is 1. The summed E-state index contributed by atoms with van der Waals surface area (Å²) in [4.78, 5) is 15.9. The maximum Gasteiger partial charge on any atom is 0.255 e. The highest BCUT2D eigenvalue weighted by Gasteiger charge is 2.46. The number of hydrogen-bond donors (Lipinski definition) is 0. The van der Waals surface area contributed by atoms with Crippen LogP contribution in [-0.4, -0.2) is 49.1 Å². The van der Waals surface area contributed by atoms with E-state index in [0.717, 1.165) is 23.3 Å². The van der Waals surface area contributed by atoms with Crippen LogP contribution >= 0.6 is 11.8 Å². The van der Waals surface area contributed by atoms with Crippen molar-refractivity contribution in [3.8, 4) is 0 Å². The lowest BCUT2D eigenvalue weighted by atomic mass is 10.0. The number of thioether (sulfide) groups is 1. The van der Waals surface area contributed by atoms with Crippen molar-refractivity contribution in [2.75, 3.05) is 12.5 Å². The van der Waals surface area contributed by atoms with Crippen molar-refractivity contribution in [2.24, 2.45) is 0 Å². The number of nitrogens with zero attached hydrogens (tertiary/aromatic N) is 1. The third-order valence-electron chi connectivity index (χ3n) is 4.87. The van der Waals surface area contributed by atoms with Crippen molar-refractivity contribution in [1.82, 2.24) is 4.90 Å². The minimum Gasteiger partial charge on any atom is -0.333 e. The standard InChI is InChI=1S/C16H21NO3S2/c1-21-15-6-4-3-5-14(15)16(18)17-11-7-8-12(17)10-13(9-11)22(2,19)20/h3-6,11-13H,7-10H2,1-2H3. The Morgan fingerprint density at radius 1 is 1.18 bits per heavy atom. The Bertz CT molecular complexity index is 672. The lowest BCUT2D eigenvalue weighted by molar-refractivity contribution is 0.0595. The van der Waals surface area contributed by atoms with E-state index in [9.17, 15) is 13.2 Å². The molecular weight excluding hydrogens is 318 g/mol. The number of carbonyl (C=O) groups excluding carboxylic acids is 1. The highest BCUT2D eigenvalue weighted by molar-refractivity contribution is 7.98. The van der Waals surface area contributed by atoms with Crippen molar-refractivity contribution in [2.45, 2.75) is 47.9 Å². The lowest BCUT2D eigenvalue weighted by Crippen LogP contribution is -2.49. The van der Waals surface area contributed by atoms with E-state index in [1.54, 1.807) is 11.8 Å². The number of rotatable bonds is 3. The van der Waals surface area contributed by atoms with Crippen LogP contribution in [0.4, 0.5) is 0 Å². The summed E-state index contributed by atoms with van der Waals surface area (Å²) in [7, 11) is -3.02. The molecule has 0 N–H and O–H groups in total. The average Bonchev–Trinajstić information content (AvgIpc) is 2.75. The third-order valence-corrected chi connectivity index (χ3v) is 7.26. The van der Waals surface area contributed by atoms with Gasteiger partial charge in [0.15, 0.2) is 0 Å². The van der Waals surface area contributed by atoms with E-state index in [2.05, 4.69) is 0 Å². The number of piperidine rings is 1. The Morgan fingerprint density at radius 2 is 1.77 bits per heavy atom. The molecule has 1 amide bonds. The van der Waals surface area contributed by atoms with Crippen LogP contribution in [0.5, 0.6) is 0 Å². The van der Waals surface area contributed by atoms with Crippen molar-refractivity contribution >= 4 is 27.5 Å². The Morgan fingerprint density at radius 3 is 2.32 bits per heavy atom. The van der Waals surface area contributed by atoms with Gasteiger partial charge in [0.25, 0.3) is 5.91 Å². The molecule has 6 heteroatoms. The van der Waals surface area contributed by atoms with Gasteiger partial charge in [-0.15, -0.1) is 11.8 Å². The fraction of sp³-hybridized carbons (Fsp3) is 0.562. The SMILES string of the molecule is CSc1ccccc1C(=O)N1C2CCC1CC(S(C)(=O)=O)C2. The fourth-order valence-electron chi connectivity index (χ4n) is 3.77. The molecule has 1 aromatic carbocycles. The molecular formula is C16H21NO3S2. The smallest absolute Gasteiger partial charge is 0.255 e. The molecule has 22 heavy (non-hydrogen) atoms. The van der Waals surface area contributed by atoms with Crippen LogP contribution in [0.25, 0.3) is 0 Å². The zero-order chi connectivity index (χ0) is 15.9. The van der Waals surface area contributed by atoms with Gasteiger partial charge in [0.1, 0.15) is 9.84 Å². The summed E-state index contributed by atoms with van der Waals surface area (Å²) in [5.74, 6) is 0.0596. The van der Waals surface area contributed by atoms with Crippen LogP contribution in [0, 0.1) is 0 Å². The Labute approximate surface area is 136 Å². The summed E-state index contributed by atoms with van der Waals surface area (Å²) in [6.45, 7) is 0. The number of fused-ring (bicyclic) bond motifs is 2. The summed E-state index contributed by atoms with van der Waals surface area (Å²) in [6.07, 6.45) is 6.30. The van der Waals surface area contributed by atoms with Gasteiger partial charge in [0, 0.05) is 23.2 Å².